The fourth-order valence-electron chi connectivity index (χ4n) is 4.69. The van der Waals surface area contributed by atoms with Crippen LogP contribution in [0.2, 0.25) is 0 Å². The summed E-state index contributed by atoms with van der Waals surface area (Å²) in [6, 6.07) is 12.9. The number of hydrogen-bond donors (Lipinski definition) is 3. The van der Waals surface area contributed by atoms with Crippen LogP contribution >= 0.6 is 0 Å². The lowest BCUT2D eigenvalue weighted by molar-refractivity contribution is -0.140. The standard InChI is InChI=1S/C27H28F4N4O3/c28-20-10-4-8-18-21(16-6-2-1-3-7-16)33-24(26(38)34-22(18)20)35-25(37)17(9-5-13-27(29,30)31)19(23(32)36)14-15-11-12-15/h1-4,6-8,10,15,17,19,24H,5,9,11-14H2,(H2,32,36)(H,34,38)(H,35,37)/t17-,19+,24-/m1/s1. The summed E-state index contributed by atoms with van der Waals surface area (Å²) in [6.07, 6.45) is -5.73. The highest BCUT2D eigenvalue weighted by Gasteiger charge is 2.39. The van der Waals surface area contributed by atoms with Crippen LogP contribution in [0.5, 0.6) is 0 Å². The summed E-state index contributed by atoms with van der Waals surface area (Å²) >= 11 is 0. The number of para-hydroxylation sites is 1. The Morgan fingerprint density at radius 2 is 1.79 bits per heavy atom. The monoisotopic (exact) mass is 532 g/mol. The Morgan fingerprint density at radius 3 is 2.42 bits per heavy atom. The molecule has 4 rings (SSSR count). The number of hydrogen-bond acceptors (Lipinski definition) is 4. The Balaban J connectivity index is 1.65. The number of aliphatic imine (C=N–C) groups is 1. The summed E-state index contributed by atoms with van der Waals surface area (Å²) in [5.41, 5.74) is 6.56. The molecule has 202 valence electrons. The van der Waals surface area contributed by atoms with E-state index in [-0.39, 0.29) is 36.6 Å². The van der Waals surface area contributed by atoms with Crippen molar-refractivity contribution < 1.29 is 31.9 Å². The molecule has 2 aromatic carbocycles. The zero-order chi connectivity index (χ0) is 27.4. The SMILES string of the molecule is NC(=O)[C@@H](CC1CC1)[C@@H](CCCC(F)(F)F)C(=O)N[C@H]1N=C(c2ccccc2)c2cccc(F)c2NC1=O. The van der Waals surface area contributed by atoms with Crippen molar-refractivity contribution in [2.24, 2.45) is 28.5 Å². The largest absolute Gasteiger partial charge is 0.389 e. The lowest BCUT2D eigenvalue weighted by Crippen LogP contribution is -2.48. The van der Waals surface area contributed by atoms with Crippen molar-refractivity contribution in [1.82, 2.24) is 5.32 Å². The molecule has 0 bridgehead atoms. The third kappa shape index (κ3) is 6.76. The number of rotatable bonds is 10. The molecule has 1 heterocycles. The third-order valence-electron chi connectivity index (χ3n) is 6.80. The highest BCUT2D eigenvalue weighted by Crippen LogP contribution is 2.39. The average molecular weight is 533 g/mol. The number of alkyl halides is 3. The molecular weight excluding hydrogens is 504 g/mol. The van der Waals surface area contributed by atoms with Crippen LogP contribution in [-0.4, -0.2) is 35.8 Å². The fourth-order valence-corrected chi connectivity index (χ4v) is 4.69. The Bertz CT molecular complexity index is 1230. The number of anilines is 1. The molecule has 7 nitrogen and oxygen atoms in total. The smallest absolute Gasteiger partial charge is 0.369 e. The number of nitrogens with one attached hydrogen (secondary N) is 2. The van der Waals surface area contributed by atoms with E-state index >= 15 is 0 Å². The molecule has 11 heteroatoms. The average Bonchev–Trinajstić information content (AvgIpc) is 3.69. The van der Waals surface area contributed by atoms with Crippen LogP contribution in [0, 0.1) is 23.6 Å². The van der Waals surface area contributed by atoms with Gasteiger partial charge in [0.2, 0.25) is 18.0 Å². The number of amides is 3. The van der Waals surface area contributed by atoms with Crippen LogP contribution in [-0.2, 0) is 14.4 Å². The predicted molar refractivity (Wildman–Crippen MR) is 132 cm³/mol. The number of nitrogens with two attached hydrogens (primary N) is 1. The van der Waals surface area contributed by atoms with Crippen molar-refractivity contribution in [2.75, 3.05) is 5.32 Å². The van der Waals surface area contributed by atoms with Gasteiger partial charge in [-0.1, -0.05) is 55.3 Å². The molecule has 0 aromatic heterocycles. The van der Waals surface area contributed by atoms with E-state index in [4.69, 9.17) is 5.73 Å². The van der Waals surface area contributed by atoms with E-state index in [1.54, 1.807) is 36.4 Å². The van der Waals surface area contributed by atoms with Gasteiger partial charge in [-0.3, -0.25) is 14.4 Å². The van der Waals surface area contributed by atoms with Gasteiger partial charge in [0, 0.05) is 29.4 Å². The molecule has 2 aromatic rings. The van der Waals surface area contributed by atoms with E-state index in [0.29, 0.717) is 11.1 Å². The van der Waals surface area contributed by atoms with E-state index < -0.39 is 54.1 Å². The third-order valence-corrected chi connectivity index (χ3v) is 6.80. The van der Waals surface area contributed by atoms with Crippen molar-refractivity contribution in [2.45, 2.75) is 50.9 Å². The second kappa shape index (κ2) is 11.3. The number of halogens is 4. The van der Waals surface area contributed by atoms with Crippen molar-refractivity contribution in [3.05, 3.63) is 65.5 Å². The van der Waals surface area contributed by atoms with Crippen LogP contribution in [0.1, 0.15) is 49.7 Å². The molecule has 1 fully saturated rings. The maximum atomic E-state index is 14.7. The number of benzodiazepines with no additional fused rings is 1. The van der Waals surface area contributed by atoms with Crippen molar-refractivity contribution >= 4 is 29.1 Å². The van der Waals surface area contributed by atoms with Crippen molar-refractivity contribution in [3.8, 4) is 0 Å². The maximum Gasteiger partial charge on any atom is 0.389 e. The molecule has 1 aliphatic carbocycles. The first kappa shape index (κ1) is 27.3. The Labute approximate surface area is 216 Å². The minimum absolute atomic E-state index is 0.109. The van der Waals surface area contributed by atoms with E-state index in [9.17, 15) is 31.9 Å². The second-order valence-electron chi connectivity index (χ2n) is 9.71. The van der Waals surface area contributed by atoms with E-state index in [1.165, 1.54) is 12.1 Å². The zero-order valence-corrected chi connectivity index (χ0v) is 20.4. The number of nitrogens with zero attached hydrogens (tertiary/aromatic N) is 1. The first-order valence-electron chi connectivity index (χ1n) is 12.4. The quantitative estimate of drug-likeness (QED) is 0.396. The van der Waals surface area contributed by atoms with Gasteiger partial charge in [0.1, 0.15) is 5.82 Å². The normalized spacial score (nSPS) is 18.9. The number of carbonyl (C=O) groups excluding carboxylic acids is 3. The number of primary amides is 1. The summed E-state index contributed by atoms with van der Waals surface area (Å²) < 4.78 is 53.2. The molecule has 0 unspecified atom stereocenters. The number of benzene rings is 2. The van der Waals surface area contributed by atoms with Crippen LogP contribution in [0.4, 0.5) is 23.2 Å². The van der Waals surface area contributed by atoms with Gasteiger partial charge in [0.05, 0.1) is 11.4 Å². The van der Waals surface area contributed by atoms with E-state index in [0.717, 1.165) is 12.8 Å². The van der Waals surface area contributed by atoms with E-state index in [2.05, 4.69) is 15.6 Å². The molecule has 4 N–H and O–H groups in total. The second-order valence-corrected chi connectivity index (χ2v) is 9.71. The van der Waals surface area contributed by atoms with Gasteiger partial charge in [-0.15, -0.1) is 0 Å². The van der Waals surface area contributed by atoms with Crippen LogP contribution in [0.25, 0.3) is 0 Å². The summed E-state index contributed by atoms with van der Waals surface area (Å²) in [6.45, 7) is 0. The van der Waals surface area contributed by atoms with Gasteiger partial charge >= 0.3 is 6.18 Å². The van der Waals surface area contributed by atoms with Gasteiger partial charge in [-0.2, -0.15) is 13.2 Å². The van der Waals surface area contributed by atoms with Gasteiger partial charge in [-0.05, 0) is 31.2 Å². The Hall–Kier alpha value is -3.76. The first-order valence-corrected chi connectivity index (χ1v) is 12.4. The van der Waals surface area contributed by atoms with E-state index in [1.807, 2.05) is 0 Å². The Kier molecular flexibility index (Phi) is 8.13. The van der Waals surface area contributed by atoms with Gasteiger partial charge in [0.25, 0.3) is 5.91 Å². The molecule has 2 aliphatic rings. The maximum absolute atomic E-state index is 14.7. The molecule has 38 heavy (non-hydrogen) atoms. The highest BCUT2D eigenvalue weighted by molar-refractivity contribution is 6.20. The van der Waals surface area contributed by atoms with Crippen molar-refractivity contribution in [3.63, 3.8) is 0 Å². The Morgan fingerprint density at radius 1 is 1.08 bits per heavy atom. The minimum Gasteiger partial charge on any atom is -0.369 e. The van der Waals surface area contributed by atoms with Gasteiger partial charge in [-0.25, -0.2) is 9.38 Å². The minimum atomic E-state index is -4.42. The summed E-state index contributed by atoms with van der Waals surface area (Å²) in [4.78, 5) is 43.2. The first-order chi connectivity index (χ1) is 18.0. The van der Waals surface area contributed by atoms with Crippen LogP contribution < -0.4 is 16.4 Å². The van der Waals surface area contributed by atoms with Gasteiger partial charge < -0.3 is 16.4 Å². The summed E-state index contributed by atoms with van der Waals surface area (Å²) in [7, 11) is 0. The molecule has 0 saturated heterocycles. The molecule has 1 aliphatic heterocycles. The predicted octanol–water partition coefficient (Wildman–Crippen LogP) is 4.31. The van der Waals surface area contributed by atoms with Crippen molar-refractivity contribution in [1.29, 1.82) is 0 Å². The molecule has 0 spiro atoms. The molecule has 1 saturated carbocycles. The number of carbonyl (C=O) groups is 3. The molecule has 3 atom stereocenters. The lowest BCUT2D eigenvalue weighted by Gasteiger charge is -2.26. The summed E-state index contributed by atoms with van der Waals surface area (Å²) in [5, 5.41) is 4.95. The van der Waals surface area contributed by atoms with Gasteiger partial charge in [0.15, 0.2) is 0 Å². The fraction of sp³-hybridized carbons (Fsp3) is 0.407. The summed E-state index contributed by atoms with van der Waals surface area (Å²) in [5.74, 6) is -5.11. The molecular formula is C27H28F4N4O3. The van der Waals surface area contributed by atoms with Crippen LogP contribution in [0.15, 0.2) is 53.5 Å². The number of fused-ring (bicyclic) bond motifs is 1. The molecule has 0 radical (unpaired) electrons. The van der Waals surface area contributed by atoms with Crippen LogP contribution in [0.3, 0.4) is 0 Å². The molecule has 3 amide bonds. The lowest BCUT2D eigenvalue weighted by atomic mass is 9.82. The zero-order valence-electron chi connectivity index (χ0n) is 20.4. The highest BCUT2D eigenvalue weighted by atomic mass is 19.4. The topological polar surface area (TPSA) is 114 Å².